The van der Waals surface area contributed by atoms with E-state index in [0.29, 0.717) is 12.5 Å². The van der Waals surface area contributed by atoms with Gasteiger partial charge >= 0.3 is 0 Å². The van der Waals surface area contributed by atoms with Gasteiger partial charge in [-0.3, -0.25) is 4.90 Å². The molecule has 5 heteroatoms. The fraction of sp³-hybridized carbons (Fsp3) is 0.261. The van der Waals surface area contributed by atoms with Crippen LogP contribution in [0.4, 0.5) is 5.69 Å². The zero-order chi connectivity index (χ0) is 19.9. The van der Waals surface area contributed by atoms with E-state index in [0.717, 1.165) is 24.5 Å². The van der Waals surface area contributed by atoms with Crippen LogP contribution < -0.4 is 11.1 Å². The Morgan fingerprint density at radius 3 is 2.50 bits per heavy atom. The molecule has 3 N–H and O–H groups in total. The van der Waals surface area contributed by atoms with Crippen LogP contribution in [0.2, 0.25) is 0 Å². The number of aryl methyl sites for hydroxylation is 2. The highest BCUT2D eigenvalue weighted by Gasteiger charge is 2.07. The van der Waals surface area contributed by atoms with E-state index < -0.39 is 0 Å². The lowest BCUT2D eigenvalue weighted by atomic mass is 10.1. The Morgan fingerprint density at radius 2 is 1.79 bits per heavy atom. The minimum absolute atomic E-state index is 0.419. The maximum Gasteiger partial charge on any atom is 0.193 e. The molecule has 0 amide bonds. The van der Waals surface area contributed by atoms with Crippen LogP contribution in [0.15, 0.2) is 70.3 Å². The van der Waals surface area contributed by atoms with Gasteiger partial charge in [-0.25, -0.2) is 4.99 Å². The summed E-state index contributed by atoms with van der Waals surface area (Å²) >= 11 is 0. The molecule has 0 atom stereocenters. The minimum Gasteiger partial charge on any atom is -0.468 e. The highest BCUT2D eigenvalue weighted by Crippen LogP contribution is 2.16. The zero-order valence-electron chi connectivity index (χ0n) is 16.8. The summed E-state index contributed by atoms with van der Waals surface area (Å²) < 4.78 is 5.44. The molecule has 3 aromatic rings. The lowest BCUT2D eigenvalue weighted by Crippen LogP contribution is -2.23. The molecule has 0 aliphatic heterocycles. The van der Waals surface area contributed by atoms with Crippen molar-refractivity contribution in [1.29, 1.82) is 0 Å². The Balaban J connectivity index is 1.63. The molecule has 28 heavy (non-hydrogen) atoms. The molecule has 0 aliphatic carbocycles. The van der Waals surface area contributed by atoms with Crippen LogP contribution in [-0.4, -0.2) is 17.9 Å². The van der Waals surface area contributed by atoms with Gasteiger partial charge in [-0.2, -0.15) is 0 Å². The number of anilines is 1. The van der Waals surface area contributed by atoms with Crippen LogP contribution >= 0.6 is 0 Å². The summed E-state index contributed by atoms with van der Waals surface area (Å²) in [7, 11) is 2.08. The number of benzene rings is 2. The van der Waals surface area contributed by atoms with E-state index in [4.69, 9.17) is 10.2 Å². The van der Waals surface area contributed by atoms with E-state index in [2.05, 4.69) is 66.4 Å². The number of nitrogens with zero attached hydrogens (tertiary/aromatic N) is 2. The molecule has 0 radical (unpaired) electrons. The monoisotopic (exact) mass is 376 g/mol. The Morgan fingerprint density at radius 1 is 1.00 bits per heavy atom. The van der Waals surface area contributed by atoms with Crippen LogP contribution in [0.3, 0.4) is 0 Å². The molecular formula is C23H28N4O. The van der Waals surface area contributed by atoms with Crippen molar-refractivity contribution in [3.8, 4) is 0 Å². The second-order valence-electron chi connectivity index (χ2n) is 7.15. The van der Waals surface area contributed by atoms with E-state index >= 15 is 0 Å². The van der Waals surface area contributed by atoms with E-state index in [1.165, 1.54) is 22.3 Å². The molecule has 0 saturated carbocycles. The Bertz CT molecular complexity index is 932. The summed E-state index contributed by atoms with van der Waals surface area (Å²) in [6.07, 6.45) is 1.71. The normalized spacial score (nSPS) is 11.8. The van der Waals surface area contributed by atoms with Crippen LogP contribution in [0.5, 0.6) is 0 Å². The molecule has 0 unspecified atom stereocenters. The molecule has 0 bridgehead atoms. The van der Waals surface area contributed by atoms with Crippen LogP contribution in [0.25, 0.3) is 0 Å². The number of guanidine groups is 1. The largest absolute Gasteiger partial charge is 0.468 e. The lowest BCUT2D eigenvalue weighted by molar-refractivity contribution is 0.287. The Kier molecular flexibility index (Phi) is 6.50. The van der Waals surface area contributed by atoms with Crippen LogP contribution in [-0.2, 0) is 19.6 Å². The molecule has 1 aromatic heterocycles. The first-order valence-corrected chi connectivity index (χ1v) is 9.43. The topological polar surface area (TPSA) is 66.8 Å². The number of rotatable bonds is 7. The number of hydrogen-bond donors (Lipinski definition) is 2. The lowest BCUT2D eigenvalue weighted by Gasteiger charge is -2.17. The summed E-state index contributed by atoms with van der Waals surface area (Å²) in [4.78, 5) is 6.75. The molecule has 146 valence electrons. The molecular weight excluding hydrogens is 348 g/mol. The fourth-order valence-electron chi connectivity index (χ4n) is 3.06. The van der Waals surface area contributed by atoms with E-state index in [9.17, 15) is 0 Å². The van der Waals surface area contributed by atoms with Gasteiger partial charge < -0.3 is 15.5 Å². The molecule has 0 fully saturated rings. The predicted molar refractivity (Wildman–Crippen MR) is 115 cm³/mol. The van der Waals surface area contributed by atoms with Crippen molar-refractivity contribution in [3.05, 3.63) is 88.9 Å². The number of hydrogen-bond acceptors (Lipinski definition) is 3. The predicted octanol–water partition coefficient (Wildman–Crippen LogP) is 4.46. The third-order valence-corrected chi connectivity index (χ3v) is 4.76. The molecule has 1 heterocycles. The summed E-state index contributed by atoms with van der Waals surface area (Å²) in [5.74, 6) is 1.38. The van der Waals surface area contributed by atoms with Gasteiger partial charge in [-0.15, -0.1) is 0 Å². The second-order valence-corrected chi connectivity index (χ2v) is 7.15. The third kappa shape index (κ3) is 5.47. The highest BCUT2D eigenvalue weighted by atomic mass is 16.3. The summed E-state index contributed by atoms with van der Waals surface area (Å²) in [6.45, 7) is 6.30. The highest BCUT2D eigenvalue weighted by molar-refractivity contribution is 5.92. The van der Waals surface area contributed by atoms with Crippen molar-refractivity contribution >= 4 is 11.6 Å². The van der Waals surface area contributed by atoms with Crippen molar-refractivity contribution in [2.24, 2.45) is 10.7 Å². The van der Waals surface area contributed by atoms with Crippen molar-refractivity contribution in [1.82, 2.24) is 4.90 Å². The Labute approximate surface area is 166 Å². The molecule has 0 spiro atoms. The fourth-order valence-corrected chi connectivity index (χ4v) is 3.06. The first kappa shape index (κ1) is 19.7. The zero-order valence-corrected chi connectivity index (χ0v) is 16.8. The van der Waals surface area contributed by atoms with Gasteiger partial charge in [0.1, 0.15) is 5.76 Å². The van der Waals surface area contributed by atoms with Crippen molar-refractivity contribution in [2.75, 3.05) is 12.4 Å². The second kappa shape index (κ2) is 9.24. The van der Waals surface area contributed by atoms with Crippen molar-refractivity contribution in [3.63, 3.8) is 0 Å². The van der Waals surface area contributed by atoms with E-state index in [1.807, 2.05) is 24.3 Å². The van der Waals surface area contributed by atoms with Crippen LogP contribution in [0.1, 0.15) is 28.0 Å². The van der Waals surface area contributed by atoms with Gasteiger partial charge in [-0.1, -0.05) is 30.3 Å². The SMILES string of the molecule is Cc1ccc(NC(N)=NCc2ccccc2CN(C)Cc2ccco2)cc1C. The van der Waals surface area contributed by atoms with Gasteiger partial charge in [0.25, 0.3) is 0 Å². The average Bonchev–Trinajstić information content (AvgIpc) is 3.17. The molecule has 3 rings (SSSR count). The molecule has 0 aliphatic rings. The molecule has 0 saturated heterocycles. The summed E-state index contributed by atoms with van der Waals surface area (Å²) in [5.41, 5.74) is 11.9. The average molecular weight is 377 g/mol. The third-order valence-electron chi connectivity index (χ3n) is 4.76. The standard InChI is InChI=1S/C23H28N4O/c1-17-10-11-21(13-18(17)2)26-23(24)25-14-19-7-4-5-8-20(19)15-27(3)16-22-9-6-12-28-22/h4-13H,14-16H2,1-3H3,(H3,24,25,26). The van der Waals surface area contributed by atoms with Crippen molar-refractivity contribution in [2.45, 2.75) is 33.5 Å². The maximum absolute atomic E-state index is 6.10. The maximum atomic E-state index is 6.10. The van der Waals surface area contributed by atoms with Crippen molar-refractivity contribution < 1.29 is 4.42 Å². The van der Waals surface area contributed by atoms with Gasteiger partial charge in [0.2, 0.25) is 0 Å². The molecule has 5 nitrogen and oxygen atoms in total. The van der Waals surface area contributed by atoms with E-state index in [-0.39, 0.29) is 0 Å². The quantitative estimate of drug-likeness (QED) is 0.472. The number of furan rings is 1. The first-order valence-electron chi connectivity index (χ1n) is 9.43. The summed E-state index contributed by atoms with van der Waals surface area (Å²) in [5, 5.41) is 3.18. The first-order chi connectivity index (χ1) is 13.5. The van der Waals surface area contributed by atoms with E-state index in [1.54, 1.807) is 6.26 Å². The van der Waals surface area contributed by atoms with Crippen LogP contribution in [0, 0.1) is 13.8 Å². The van der Waals surface area contributed by atoms with Gasteiger partial charge in [0, 0.05) is 12.2 Å². The smallest absolute Gasteiger partial charge is 0.193 e. The number of aliphatic imine (C=N–C) groups is 1. The molecule has 2 aromatic carbocycles. The Hall–Kier alpha value is -3.05. The van der Waals surface area contributed by atoms with Gasteiger partial charge in [0.15, 0.2) is 5.96 Å². The minimum atomic E-state index is 0.419. The summed E-state index contributed by atoms with van der Waals surface area (Å²) in [6, 6.07) is 18.4. The number of nitrogens with two attached hydrogens (primary N) is 1. The number of nitrogens with one attached hydrogen (secondary N) is 1. The van der Waals surface area contributed by atoms with Gasteiger partial charge in [0.05, 0.1) is 19.4 Å². The van der Waals surface area contributed by atoms with Gasteiger partial charge in [-0.05, 0) is 67.4 Å².